The van der Waals surface area contributed by atoms with Crippen molar-refractivity contribution in [2.24, 2.45) is 11.8 Å². The molecule has 1 N–H and O–H groups in total. The minimum absolute atomic E-state index is 0.236. The van der Waals surface area contributed by atoms with Gasteiger partial charge >= 0.3 is 5.97 Å². The summed E-state index contributed by atoms with van der Waals surface area (Å²) >= 11 is 0. The quantitative estimate of drug-likeness (QED) is 0.500. The van der Waals surface area contributed by atoms with Gasteiger partial charge in [0.15, 0.2) is 0 Å². The van der Waals surface area contributed by atoms with E-state index in [-0.39, 0.29) is 5.92 Å². The van der Waals surface area contributed by atoms with Gasteiger partial charge in [-0.05, 0) is 47.6 Å². The molecule has 2 heterocycles. The Morgan fingerprint density at radius 1 is 1.12 bits per heavy atom. The van der Waals surface area contributed by atoms with Crippen molar-refractivity contribution in [3.8, 4) is 11.5 Å². The van der Waals surface area contributed by atoms with Crippen LogP contribution in [0.15, 0.2) is 59.0 Å². The van der Waals surface area contributed by atoms with E-state index >= 15 is 0 Å². The number of hydrogen-bond donors (Lipinski definition) is 1. The number of rotatable bonds is 9. The number of carboxylic acids is 1. The summed E-state index contributed by atoms with van der Waals surface area (Å²) in [5.41, 5.74) is 4.38. The van der Waals surface area contributed by atoms with E-state index in [9.17, 15) is 4.79 Å². The molecule has 1 aliphatic heterocycles. The van der Waals surface area contributed by atoms with Gasteiger partial charge in [0, 0.05) is 31.3 Å². The molecule has 0 atom stereocenters. The van der Waals surface area contributed by atoms with Gasteiger partial charge in [0.1, 0.15) is 0 Å². The van der Waals surface area contributed by atoms with Gasteiger partial charge < -0.3 is 9.52 Å². The van der Waals surface area contributed by atoms with Gasteiger partial charge in [-0.15, -0.1) is 10.2 Å². The summed E-state index contributed by atoms with van der Waals surface area (Å²) in [6, 6.07) is 18.3. The van der Waals surface area contributed by atoms with Gasteiger partial charge in [0.2, 0.25) is 11.8 Å². The number of carboxylic acid groups (broad SMARTS) is 1. The van der Waals surface area contributed by atoms with Crippen molar-refractivity contribution < 1.29 is 14.3 Å². The molecule has 1 saturated heterocycles. The molecule has 0 unspecified atom stereocenters. The first-order valence-corrected chi connectivity index (χ1v) is 11.1. The first-order chi connectivity index (χ1) is 15.5. The molecule has 1 aromatic heterocycles. The molecular weight excluding hydrogens is 402 g/mol. The van der Waals surface area contributed by atoms with Crippen molar-refractivity contribution in [1.29, 1.82) is 0 Å². The summed E-state index contributed by atoms with van der Waals surface area (Å²) in [5, 5.41) is 17.5. The fourth-order valence-corrected chi connectivity index (χ4v) is 3.82. The molecule has 166 valence electrons. The molecule has 0 spiro atoms. The number of benzene rings is 2. The van der Waals surface area contributed by atoms with Crippen molar-refractivity contribution in [2.75, 3.05) is 13.1 Å². The summed E-state index contributed by atoms with van der Waals surface area (Å²) in [6.07, 6.45) is 4.03. The highest BCUT2D eigenvalue weighted by Crippen LogP contribution is 2.27. The Balaban J connectivity index is 1.44. The molecule has 32 heavy (non-hydrogen) atoms. The molecule has 2 aromatic carbocycles. The van der Waals surface area contributed by atoms with Crippen LogP contribution in [-0.4, -0.2) is 39.3 Å². The Morgan fingerprint density at radius 3 is 2.50 bits per heavy atom. The van der Waals surface area contributed by atoms with E-state index in [0.717, 1.165) is 30.5 Å². The number of nitrogens with zero attached hydrogens (tertiary/aromatic N) is 3. The topological polar surface area (TPSA) is 79.5 Å². The maximum absolute atomic E-state index is 10.9. The Hall–Kier alpha value is -3.25. The van der Waals surface area contributed by atoms with Gasteiger partial charge in [0.25, 0.3) is 0 Å². The van der Waals surface area contributed by atoms with Crippen LogP contribution in [0.25, 0.3) is 23.1 Å². The van der Waals surface area contributed by atoms with E-state index in [1.807, 2.05) is 48.5 Å². The summed E-state index contributed by atoms with van der Waals surface area (Å²) in [7, 11) is 0. The first kappa shape index (κ1) is 22.0. The Morgan fingerprint density at radius 2 is 1.84 bits per heavy atom. The number of aliphatic carboxylic acids is 1. The van der Waals surface area contributed by atoms with Crippen molar-refractivity contribution in [3.05, 3.63) is 71.6 Å². The fourth-order valence-electron chi connectivity index (χ4n) is 3.82. The maximum Gasteiger partial charge on any atom is 0.309 e. The largest absolute Gasteiger partial charge is 0.481 e. The van der Waals surface area contributed by atoms with Crippen LogP contribution < -0.4 is 0 Å². The standard InChI is InChI=1S/C26H29N3O3/c1-18(2)8-11-22(20-6-4-3-5-7-20)14-24-27-28-25(32-24)21-12-9-19(10-13-21)15-29-16-23(17-29)26(30)31/h3-7,9-10,12-14,18,23H,8,11,15-17H2,1-2H3,(H,30,31). The van der Waals surface area contributed by atoms with Crippen LogP contribution in [0, 0.1) is 11.8 Å². The molecule has 3 aromatic rings. The highest BCUT2D eigenvalue weighted by molar-refractivity contribution is 5.79. The molecule has 0 amide bonds. The van der Waals surface area contributed by atoms with Crippen LogP contribution in [0.1, 0.15) is 43.7 Å². The van der Waals surface area contributed by atoms with Gasteiger partial charge in [-0.1, -0.05) is 56.3 Å². The van der Waals surface area contributed by atoms with E-state index in [1.54, 1.807) is 0 Å². The van der Waals surface area contributed by atoms with Crippen molar-refractivity contribution >= 4 is 17.6 Å². The minimum atomic E-state index is -0.711. The zero-order chi connectivity index (χ0) is 22.5. The van der Waals surface area contributed by atoms with Crippen LogP contribution >= 0.6 is 0 Å². The summed E-state index contributed by atoms with van der Waals surface area (Å²) in [5.74, 6) is 0.670. The van der Waals surface area contributed by atoms with Gasteiger partial charge in [-0.3, -0.25) is 9.69 Å². The molecule has 4 rings (SSSR count). The third kappa shape index (κ3) is 5.51. The van der Waals surface area contributed by atoms with Gasteiger partial charge in [-0.2, -0.15) is 0 Å². The number of allylic oxidation sites excluding steroid dienone is 1. The molecule has 0 aliphatic carbocycles. The van der Waals surface area contributed by atoms with Gasteiger partial charge in [0.05, 0.1) is 5.92 Å². The second-order valence-electron chi connectivity index (χ2n) is 8.84. The second-order valence-corrected chi connectivity index (χ2v) is 8.84. The fraction of sp³-hybridized carbons (Fsp3) is 0.346. The smallest absolute Gasteiger partial charge is 0.309 e. The lowest BCUT2D eigenvalue weighted by atomic mass is 9.97. The van der Waals surface area contributed by atoms with E-state index in [2.05, 4.69) is 41.1 Å². The summed E-state index contributed by atoms with van der Waals surface area (Å²) < 4.78 is 5.95. The van der Waals surface area contributed by atoms with Crippen LogP contribution in [0.5, 0.6) is 0 Å². The maximum atomic E-state index is 10.9. The van der Waals surface area contributed by atoms with Crippen molar-refractivity contribution in [1.82, 2.24) is 15.1 Å². The highest BCUT2D eigenvalue weighted by atomic mass is 16.4. The van der Waals surface area contributed by atoms with Crippen LogP contribution in [0.2, 0.25) is 0 Å². The van der Waals surface area contributed by atoms with Crippen LogP contribution in [-0.2, 0) is 11.3 Å². The summed E-state index contributed by atoms with van der Waals surface area (Å²) in [4.78, 5) is 13.1. The first-order valence-electron chi connectivity index (χ1n) is 11.1. The van der Waals surface area contributed by atoms with Gasteiger partial charge in [-0.25, -0.2) is 0 Å². The Bertz CT molecular complexity index is 1070. The average molecular weight is 432 g/mol. The second kappa shape index (κ2) is 9.92. The lowest BCUT2D eigenvalue weighted by Gasteiger charge is -2.36. The lowest BCUT2D eigenvalue weighted by Crippen LogP contribution is -2.49. The molecule has 0 bridgehead atoms. The highest BCUT2D eigenvalue weighted by Gasteiger charge is 2.32. The zero-order valence-electron chi connectivity index (χ0n) is 18.6. The molecule has 1 fully saturated rings. The predicted molar refractivity (Wildman–Crippen MR) is 125 cm³/mol. The monoisotopic (exact) mass is 431 g/mol. The van der Waals surface area contributed by atoms with Crippen molar-refractivity contribution in [3.63, 3.8) is 0 Å². The molecule has 0 saturated carbocycles. The van der Waals surface area contributed by atoms with Crippen LogP contribution in [0.3, 0.4) is 0 Å². The Kier molecular flexibility index (Phi) is 6.81. The normalized spacial score (nSPS) is 15.2. The number of carbonyl (C=O) groups is 1. The molecule has 1 aliphatic rings. The number of likely N-dealkylation sites (tertiary alicyclic amines) is 1. The molecule has 0 radical (unpaired) electrons. The van der Waals surface area contributed by atoms with E-state index in [1.165, 1.54) is 11.1 Å². The average Bonchev–Trinajstić information content (AvgIpc) is 3.22. The SMILES string of the molecule is CC(C)CCC(=Cc1nnc(-c2ccc(CN3CC(C(=O)O)C3)cc2)o1)c1ccccc1. The number of aromatic nitrogens is 2. The zero-order valence-corrected chi connectivity index (χ0v) is 18.6. The number of hydrogen-bond acceptors (Lipinski definition) is 5. The third-order valence-electron chi connectivity index (χ3n) is 5.79. The minimum Gasteiger partial charge on any atom is -0.481 e. The van der Waals surface area contributed by atoms with Crippen LogP contribution in [0.4, 0.5) is 0 Å². The molecule has 6 heteroatoms. The van der Waals surface area contributed by atoms with E-state index in [4.69, 9.17) is 9.52 Å². The molecular formula is C26H29N3O3. The predicted octanol–water partition coefficient (Wildman–Crippen LogP) is 5.23. The van der Waals surface area contributed by atoms with E-state index < -0.39 is 5.97 Å². The van der Waals surface area contributed by atoms with Crippen molar-refractivity contribution in [2.45, 2.75) is 33.2 Å². The lowest BCUT2D eigenvalue weighted by molar-refractivity contribution is -0.147. The third-order valence-corrected chi connectivity index (χ3v) is 5.79. The van der Waals surface area contributed by atoms with E-state index in [0.29, 0.717) is 30.8 Å². The summed E-state index contributed by atoms with van der Waals surface area (Å²) in [6.45, 7) is 6.42. The molecule has 6 nitrogen and oxygen atoms in total. The Labute approximate surface area is 188 Å².